The second-order valence-electron chi connectivity index (χ2n) is 3.81. The van der Waals surface area contributed by atoms with Crippen molar-refractivity contribution in [3.63, 3.8) is 0 Å². The number of hydrogen-bond donors (Lipinski definition) is 1. The monoisotopic (exact) mass is 220 g/mol. The van der Waals surface area contributed by atoms with E-state index in [-0.39, 0.29) is 0 Å². The van der Waals surface area contributed by atoms with Crippen molar-refractivity contribution in [2.75, 3.05) is 7.05 Å². The minimum absolute atomic E-state index is 0.305. The van der Waals surface area contributed by atoms with Crippen LogP contribution < -0.4 is 5.32 Å². The van der Waals surface area contributed by atoms with Crippen LogP contribution in [0, 0.1) is 6.92 Å². The first-order valence-corrected chi connectivity index (χ1v) is 5.32. The Morgan fingerprint density at radius 2 is 2.38 bits per heavy atom. The topological polar surface area (TPSA) is 55.9 Å². The third-order valence-electron chi connectivity index (χ3n) is 2.62. The standard InChI is InChI=1S/C11H16N4O/c1-8(12-3)10-5-4-6-15(10)7-11-13-9(2)14-16-11/h4-6,8,12H,7H2,1-3H3. The van der Waals surface area contributed by atoms with Gasteiger partial charge in [0.05, 0.1) is 0 Å². The normalized spacial score (nSPS) is 12.9. The molecule has 86 valence electrons. The molecule has 5 nitrogen and oxygen atoms in total. The summed E-state index contributed by atoms with van der Waals surface area (Å²) >= 11 is 0. The molecule has 1 unspecified atom stereocenters. The largest absolute Gasteiger partial charge is 0.341 e. The maximum absolute atomic E-state index is 5.10. The number of rotatable bonds is 4. The van der Waals surface area contributed by atoms with Gasteiger partial charge in [0.15, 0.2) is 5.82 Å². The quantitative estimate of drug-likeness (QED) is 0.848. The van der Waals surface area contributed by atoms with Gasteiger partial charge in [-0.1, -0.05) is 5.16 Å². The zero-order chi connectivity index (χ0) is 11.5. The number of aromatic nitrogens is 3. The Hall–Kier alpha value is -1.62. The predicted octanol–water partition coefficient (Wildman–Crippen LogP) is 1.51. The number of aryl methyl sites for hydroxylation is 1. The molecule has 0 spiro atoms. The van der Waals surface area contributed by atoms with Crippen molar-refractivity contribution in [2.24, 2.45) is 0 Å². The Balaban J connectivity index is 2.18. The highest BCUT2D eigenvalue weighted by atomic mass is 16.5. The Morgan fingerprint density at radius 1 is 1.56 bits per heavy atom. The second kappa shape index (κ2) is 4.49. The molecule has 2 heterocycles. The Labute approximate surface area is 94.5 Å². The molecule has 2 aromatic heterocycles. The van der Waals surface area contributed by atoms with Gasteiger partial charge in [-0.25, -0.2) is 0 Å². The first-order valence-electron chi connectivity index (χ1n) is 5.32. The predicted molar refractivity (Wildman–Crippen MR) is 60.0 cm³/mol. The average molecular weight is 220 g/mol. The van der Waals surface area contributed by atoms with Crippen LogP contribution in [0.3, 0.4) is 0 Å². The lowest BCUT2D eigenvalue weighted by molar-refractivity contribution is 0.365. The summed E-state index contributed by atoms with van der Waals surface area (Å²) in [5, 5.41) is 6.99. The summed E-state index contributed by atoms with van der Waals surface area (Å²) in [6.45, 7) is 4.56. The van der Waals surface area contributed by atoms with Crippen LogP contribution in [0.1, 0.15) is 30.4 Å². The van der Waals surface area contributed by atoms with E-state index in [0.717, 1.165) is 0 Å². The maximum atomic E-state index is 5.10. The van der Waals surface area contributed by atoms with Gasteiger partial charge in [0.1, 0.15) is 6.54 Å². The van der Waals surface area contributed by atoms with Crippen LogP contribution in [-0.4, -0.2) is 21.8 Å². The molecular formula is C11H16N4O. The molecule has 0 amide bonds. The van der Waals surface area contributed by atoms with Crippen molar-refractivity contribution in [1.29, 1.82) is 0 Å². The van der Waals surface area contributed by atoms with Crippen LogP contribution >= 0.6 is 0 Å². The van der Waals surface area contributed by atoms with Gasteiger partial charge in [-0.05, 0) is 33.0 Å². The molecule has 0 radical (unpaired) electrons. The minimum atomic E-state index is 0.305. The Bertz CT molecular complexity index is 460. The molecule has 1 N–H and O–H groups in total. The summed E-state index contributed by atoms with van der Waals surface area (Å²) in [6, 6.07) is 4.41. The van der Waals surface area contributed by atoms with Gasteiger partial charge >= 0.3 is 0 Å². The highest BCUT2D eigenvalue weighted by Gasteiger charge is 2.10. The van der Waals surface area contributed by atoms with E-state index in [4.69, 9.17) is 4.52 Å². The molecule has 2 rings (SSSR count). The molecule has 1 atom stereocenters. The van der Waals surface area contributed by atoms with Gasteiger partial charge in [-0.3, -0.25) is 0 Å². The molecule has 0 aliphatic carbocycles. The smallest absolute Gasteiger partial charge is 0.246 e. The lowest BCUT2D eigenvalue weighted by Crippen LogP contribution is -2.17. The van der Waals surface area contributed by atoms with Crippen molar-refractivity contribution >= 4 is 0 Å². The second-order valence-corrected chi connectivity index (χ2v) is 3.81. The molecule has 0 aliphatic rings. The minimum Gasteiger partial charge on any atom is -0.341 e. The zero-order valence-electron chi connectivity index (χ0n) is 9.77. The van der Waals surface area contributed by atoms with E-state index in [2.05, 4.69) is 33.0 Å². The molecule has 0 bridgehead atoms. The van der Waals surface area contributed by atoms with Crippen molar-refractivity contribution in [3.8, 4) is 0 Å². The van der Waals surface area contributed by atoms with Gasteiger partial charge in [-0.2, -0.15) is 4.98 Å². The molecule has 2 aromatic rings. The third kappa shape index (κ3) is 2.14. The van der Waals surface area contributed by atoms with Crippen molar-refractivity contribution in [2.45, 2.75) is 26.4 Å². The number of nitrogens with one attached hydrogen (secondary N) is 1. The van der Waals surface area contributed by atoms with Gasteiger partial charge < -0.3 is 14.4 Å². The molecule has 16 heavy (non-hydrogen) atoms. The average Bonchev–Trinajstić information content (AvgIpc) is 2.87. The molecule has 0 aromatic carbocycles. The molecule has 5 heteroatoms. The van der Waals surface area contributed by atoms with Crippen LogP contribution in [0.2, 0.25) is 0 Å². The summed E-state index contributed by atoms with van der Waals surface area (Å²) in [5.41, 5.74) is 1.21. The summed E-state index contributed by atoms with van der Waals surface area (Å²) in [6.07, 6.45) is 2.02. The summed E-state index contributed by atoms with van der Waals surface area (Å²) in [4.78, 5) is 4.19. The number of nitrogens with zero attached hydrogens (tertiary/aromatic N) is 3. The van der Waals surface area contributed by atoms with E-state index >= 15 is 0 Å². The first-order chi connectivity index (χ1) is 7.70. The highest BCUT2D eigenvalue weighted by Crippen LogP contribution is 2.14. The van der Waals surface area contributed by atoms with Crippen LogP contribution in [0.15, 0.2) is 22.9 Å². The highest BCUT2D eigenvalue weighted by molar-refractivity contribution is 5.12. The van der Waals surface area contributed by atoms with Crippen LogP contribution in [0.4, 0.5) is 0 Å². The number of hydrogen-bond acceptors (Lipinski definition) is 4. The Kier molecular flexibility index (Phi) is 3.05. The van der Waals surface area contributed by atoms with Crippen LogP contribution in [0.25, 0.3) is 0 Å². The van der Waals surface area contributed by atoms with Crippen molar-refractivity contribution in [1.82, 2.24) is 20.0 Å². The molecule has 0 saturated carbocycles. The molecular weight excluding hydrogens is 204 g/mol. The van der Waals surface area contributed by atoms with E-state index in [1.807, 2.05) is 26.2 Å². The molecule has 0 fully saturated rings. The van der Waals surface area contributed by atoms with Gasteiger partial charge in [0, 0.05) is 17.9 Å². The SMILES string of the molecule is CNC(C)c1cccn1Cc1nc(C)no1. The summed E-state index contributed by atoms with van der Waals surface area (Å²) < 4.78 is 7.21. The van der Waals surface area contributed by atoms with Gasteiger partial charge in [-0.15, -0.1) is 0 Å². The zero-order valence-corrected chi connectivity index (χ0v) is 9.77. The molecule has 0 saturated heterocycles. The lowest BCUT2D eigenvalue weighted by atomic mass is 10.2. The third-order valence-corrected chi connectivity index (χ3v) is 2.62. The van der Waals surface area contributed by atoms with Crippen LogP contribution in [-0.2, 0) is 6.54 Å². The van der Waals surface area contributed by atoms with Crippen molar-refractivity contribution < 1.29 is 4.52 Å². The van der Waals surface area contributed by atoms with E-state index < -0.39 is 0 Å². The van der Waals surface area contributed by atoms with E-state index in [1.165, 1.54) is 5.69 Å². The first kappa shape index (κ1) is 10.9. The fourth-order valence-corrected chi connectivity index (χ4v) is 1.66. The molecule has 0 aliphatic heterocycles. The van der Waals surface area contributed by atoms with E-state index in [0.29, 0.717) is 24.3 Å². The van der Waals surface area contributed by atoms with Crippen molar-refractivity contribution in [3.05, 3.63) is 35.7 Å². The van der Waals surface area contributed by atoms with Gasteiger partial charge in [0.25, 0.3) is 0 Å². The summed E-state index contributed by atoms with van der Waals surface area (Å²) in [5.74, 6) is 1.31. The van der Waals surface area contributed by atoms with E-state index in [9.17, 15) is 0 Å². The fourth-order valence-electron chi connectivity index (χ4n) is 1.66. The van der Waals surface area contributed by atoms with Gasteiger partial charge in [0.2, 0.25) is 5.89 Å². The van der Waals surface area contributed by atoms with E-state index in [1.54, 1.807) is 0 Å². The Morgan fingerprint density at radius 3 is 3.00 bits per heavy atom. The summed E-state index contributed by atoms with van der Waals surface area (Å²) in [7, 11) is 1.94. The fraction of sp³-hybridized carbons (Fsp3) is 0.455. The maximum Gasteiger partial charge on any atom is 0.246 e. The lowest BCUT2D eigenvalue weighted by Gasteiger charge is -2.13. The van der Waals surface area contributed by atoms with Crippen LogP contribution in [0.5, 0.6) is 0 Å².